The van der Waals surface area contributed by atoms with Crippen LogP contribution < -0.4 is 5.32 Å². The van der Waals surface area contributed by atoms with Gasteiger partial charge in [-0.25, -0.2) is 0 Å². The van der Waals surface area contributed by atoms with Crippen LogP contribution in [0, 0.1) is 18.8 Å². The van der Waals surface area contributed by atoms with Gasteiger partial charge in [0.2, 0.25) is 11.8 Å². The topological polar surface area (TPSA) is 69.7 Å². The Labute approximate surface area is 191 Å². The lowest BCUT2D eigenvalue weighted by Gasteiger charge is -2.39. The maximum Gasteiger partial charge on any atom is 0.253 e. The van der Waals surface area contributed by atoms with Gasteiger partial charge in [0.25, 0.3) is 5.91 Å². The molecule has 174 valence electrons. The second kappa shape index (κ2) is 10.5. The lowest BCUT2D eigenvalue weighted by Crippen LogP contribution is -2.56. The van der Waals surface area contributed by atoms with Crippen molar-refractivity contribution in [1.82, 2.24) is 15.1 Å². The van der Waals surface area contributed by atoms with Gasteiger partial charge in [-0.05, 0) is 69.9 Å². The summed E-state index contributed by atoms with van der Waals surface area (Å²) in [5, 5.41) is 3.17. The summed E-state index contributed by atoms with van der Waals surface area (Å²) in [5.41, 5.74) is 1.85. The largest absolute Gasteiger partial charge is 0.344 e. The first-order chi connectivity index (χ1) is 15.5. The van der Waals surface area contributed by atoms with Gasteiger partial charge in [-0.2, -0.15) is 0 Å². The number of carbonyl (C=O) groups excluding carboxylic acids is 3. The molecule has 1 aromatic carbocycles. The number of likely N-dealkylation sites (tertiary alicyclic amines) is 2. The summed E-state index contributed by atoms with van der Waals surface area (Å²) < 4.78 is 0. The Kier molecular flexibility index (Phi) is 7.48. The molecule has 0 radical (unpaired) electrons. The van der Waals surface area contributed by atoms with E-state index in [1.807, 2.05) is 41.0 Å². The van der Waals surface area contributed by atoms with Gasteiger partial charge in [-0.3, -0.25) is 14.4 Å². The van der Waals surface area contributed by atoms with Gasteiger partial charge in [0.15, 0.2) is 0 Å². The minimum absolute atomic E-state index is 0.0508. The zero-order valence-corrected chi connectivity index (χ0v) is 19.4. The van der Waals surface area contributed by atoms with Crippen molar-refractivity contribution in [3.05, 3.63) is 35.4 Å². The van der Waals surface area contributed by atoms with E-state index in [9.17, 15) is 14.4 Å². The summed E-state index contributed by atoms with van der Waals surface area (Å²) in [6, 6.07) is 7.23. The van der Waals surface area contributed by atoms with Crippen LogP contribution in [-0.2, 0) is 9.59 Å². The van der Waals surface area contributed by atoms with E-state index in [4.69, 9.17) is 0 Å². The van der Waals surface area contributed by atoms with E-state index in [1.54, 1.807) is 0 Å². The van der Waals surface area contributed by atoms with Crippen LogP contribution in [0.15, 0.2) is 24.3 Å². The molecule has 1 saturated carbocycles. The molecule has 32 heavy (non-hydrogen) atoms. The molecule has 1 atom stereocenters. The number of hydrogen-bond donors (Lipinski definition) is 1. The van der Waals surface area contributed by atoms with Crippen molar-refractivity contribution in [2.45, 2.75) is 70.8 Å². The summed E-state index contributed by atoms with van der Waals surface area (Å²) in [7, 11) is 0. The predicted octanol–water partition coefficient (Wildman–Crippen LogP) is 3.53. The molecule has 6 heteroatoms. The third-order valence-electron chi connectivity index (χ3n) is 7.55. The number of amides is 3. The van der Waals surface area contributed by atoms with Gasteiger partial charge in [0, 0.05) is 37.7 Å². The molecular weight excluding hydrogens is 402 g/mol. The molecule has 0 bridgehead atoms. The number of carbonyl (C=O) groups is 3. The van der Waals surface area contributed by atoms with Gasteiger partial charge < -0.3 is 15.1 Å². The zero-order valence-electron chi connectivity index (χ0n) is 19.4. The van der Waals surface area contributed by atoms with Gasteiger partial charge >= 0.3 is 0 Å². The van der Waals surface area contributed by atoms with Crippen LogP contribution in [0.25, 0.3) is 0 Å². The van der Waals surface area contributed by atoms with Crippen LogP contribution in [-0.4, -0.2) is 59.7 Å². The van der Waals surface area contributed by atoms with E-state index < -0.39 is 6.04 Å². The Hall–Kier alpha value is -2.37. The van der Waals surface area contributed by atoms with E-state index in [0.29, 0.717) is 18.7 Å². The number of aryl methyl sites for hydroxylation is 1. The van der Waals surface area contributed by atoms with Crippen molar-refractivity contribution in [3.8, 4) is 0 Å². The molecule has 3 aliphatic rings. The average Bonchev–Trinajstić information content (AvgIpc) is 3.38. The number of nitrogens with zero attached hydrogens (tertiary/aromatic N) is 2. The SMILES string of the molecule is Cc1ccc(C(=O)N2CCC([C@@H](NC(=O)C3CCCC3)C(=O)N3CCCCC3)CC2)cc1. The second-order valence-electron chi connectivity index (χ2n) is 9.85. The zero-order chi connectivity index (χ0) is 22.5. The van der Waals surface area contributed by atoms with Crippen molar-refractivity contribution in [3.63, 3.8) is 0 Å². The molecule has 6 nitrogen and oxygen atoms in total. The monoisotopic (exact) mass is 439 g/mol. The minimum Gasteiger partial charge on any atom is -0.344 e. The Morgan fingerprint density at radius 1 is 0.812 bits per heavy atom. The minimum atomic E-state index is -0.460. The molecule has 1 aromatic rings. The number of hydrogen-bond acceptors (Lipinski definition) is 3. The van der Waals surface area contributed by atoms with Crippen molar-refractivity contribution >= 4 is 17.7 Å². The highest BCUT2D eigenvalue weighted by Gasteiger charge is 2.37. The van der Waals surface area contributed by atoms with E-state index in [-0.39, 0.29) is 29.6 Å². The highest BCUT2D eigenvalue weighted by Crippen LogP contribution is 2.28. The third kappa shape index (κ3) is 5.33. The van der Waals surface area contributed by atoms with Gasteiger partial charge in [0.1, 0.15) is 6.04 Å². The Morgan fingerprint density at radius 3 is 2.06 bits per heavy atom. The van der Waals surface area contributed by atoms with Crippen molar-refractivity contribution in [2.24, 2.45) is 11.8 Å². The first kappa shape index (κ1) is 22.8. The lowest BCUT2D eigenvalue weighted by atomic mass is 9.87. The molecule has 1 N–H and O–H groups in total. The van der Waals surface area contributed by atoms with Crippen molar-refractivity contribution in [1.29, 1.82) is 0 Å². The maximum absolute atomic E-state index is 13.4. The van der Waals surface area contributed by atoms with Crippen molar-refractivity contribution < 1.29 is 14.4 Å². The molecule has 2 aliphatic heterocycles. The third-order valence-corrected chi connectivity index (χ3v) is 7.55. The van der Waals surface area contributed by atoms with E-state index >= 15 is 0 Å². The smallest absolute Gasteiger partial charge is 0.253 e. The lowest BCUT2D eigenvalue weighted by molar-refractivity contribution is -0.140. The molecule has 2 heterocycles. The summed E-state index contributed by atoms with van der Waals surface area (Å²) in [4.78, 5) is 43.1. The molecule has 0 spiro atoms. The summed E-state index contributed by atoms with van der Waals surface area (Å²) >= 11 is 0. The fourth-order valence-corrected chi connectivity index (χ4v) is 5.47. The van der Waals surface area contributed by atoms with Gasteiger partial charge in [-0.1, -0.05) is 30.5 Å². The first-order valence-corrected chi connectivity index (χ1v) is 12.5. The summed E-state index contributed by atoms with van der Waals surface area (Å²) in [6.45, 7) is 4.85. The normalized spacial score (nSPS) is 21.4. The summed E-state index contributed by atoms with van der Waals surface area (Å²) in [6.07, 6.45) is 8.80. The van der Waals surface area contributed by atoms with Crippen LogP contribution in [0.2, 0.25) is 0 Å². The standard InChI is InChI=1S/C26H37N3O3/c1-19-9-11-22(12-10-19)25(31)29-17-13-20(14-18-29)23(26(32)28-15-5-2-6-16-28)27-24(30)21-7-3-4-8-21/h9-12,20-21,23H,2-8,13-18H2,1H3,(H,27,30)/t23-/m1/s1. The van der Waals surface area contributed by atoms with Crippen LogP contribution >= 0.6 is 0 Å². The summed E-state index contributed by atoms with van der Waals surface area (Å²) in [5.74, 6) is 0.319. The highest BCUT2D eigenvalue weighted by atomic mass is 16.2. The number of benzene rings is 1. The van der Waals surface area contributed by atoms with Crippen LogP contribution in [0.5, 0.6) is 0 Å². The average molecular weight is 440 g/mol. The van der Waals surface area contributed by atoms with Gasteiger partial charge in [-0.15, -0.1) is 0 Å². The molecule has 0 unspecified atom stereocenters. The first-order valence-electron chi connectivity index (χ1n) is 12.5. The number of nitrogens with one attached hydrogen (secondary N) is 1. The molecule has 0 aromatic heterocycles. The quantitative estimate of drug-likeness (QED) is 0.763. The van der Waals surface area contributed by atoms with E-state index in [1.165, 1.54) is 6.42 Å². The molecular formula is C26H37N3O3. The van der Waals surface area contributed by atoms with Crippen molar-refractivity contribution in [2.75, 3.05) is 26.2 Å². The number of piperidine rings is 2. The van der Waals surface area contributed by atoms with Crippen LogP contribution in [0.1, 0.15) is 73.7 Å². The maximum atomic E-state index is 13.4. The highest BCUT2D eigenvalue weighted by molar-refractivity contribution is 5.94. The van der Waals surface area contributed by atoms with E-state index in [2.05, 4.69) is 5.32 Å². The Bertz CT molecular complexity index is 802. The molecule has 3 fully saturated rings. The molecule has 4 rings (SSSR count). The van der Waals surface area contributed by atoms with Crippen LogP contribution in [0.3, 0.4) is 0 Å². The van der Waals surface area contributed by atoms with E-state index in [0.717, 1.165) is 70.0 Å². The Morgan fingerprint density at radius 2 is 1.44 bits per heavy atom. The fraction of sp³-hybridized carbons (Fsp3) is 0.654. The molecule has 2 saturated heterocycles. The molecule has 3 amide bonds. The van der Waals surface area contributed by atoms with Crippen LogP contribution in [0.4, 0.5) is 0 Å². The molecule has 1 aliphatic carbocycles. The fourth-order valence-electron chi connectivity index (χ4n) is 5.47. The van der Waals surface area contributed by atoms with Gasteiger partial charge in [0.05, 0.1) is 0 Å². The predicted molar refractivity (Wildman–Crippen MR) is 124 cm³/mol. The second-order valence-corrected chi connectivity index (χ2v) is 9.85. The number of rotatable bonds is 5. The Balaban J connectivity index is 1.41.